The molecule has 1 fully saturated rings. The minimum atomic E-state index is 0.102. The van der Waals surface area contributed by atoms with Crippen molar-refractivity contribution >= 4 is 28.7 Å². The minimum absolute atomic E-state index is 0.102. The number of hydrogen-bond donors (Lipinski definition) is 2. The number of hydrogen-bond acceptors (Lipinski definition) is 6. The van der Waals surface area contributed by atoms with Gasteiger partial charge in [-0.15, -0.1) is 5.10 Å². The number of rotatable bonds is 2. The Balaban J connectivity index is 2.12. The van der Waals surface area contributed by atoms with Crippen molar-refractivity contribution in [2.24, 2.45) is 5.92 Å². The van der Waals surface area contributed by atoms with E-state index in [0.717, 1.165) is 19.3 Å². The minimum Gasteiger partial charge on any atom is -0.396 e. The Morgan fingerprint density at radius 3 is 3.00 bits per heavy atom. The number of anilines is 1. The Bertz CT molecular complexity index is 585. The third-order valence-corrected chi connectivity index (χ3v) is 3.73. The van der Waals surface area contributed by atoms with Gasteiger partial charge in [-0.1, -0.05) is 23.2 Å². The van der Waals surface area contributed by atoms with Gasteiger partial charge in [0, 0.05) is 12.5 Å². The van der Waals surface area contributed by atoms with Gasteiger partial charge in [-0.25, -0.2) is 4.68 Å². The van der Waals surface area contributed by atoms with E-state index in [4.69, 9.17) is 17.3 Å². The van der Waals surface area contributed by atoms with Gasteiger partial charge in [0.15, 0.2) is 16.3 Å². The standard InChI is InChI=1S/C10H13ClN6O/c11-8-7-9(14-10(12)13-8)17(16-15-7)6-3-1-2-5(6)4-18/h5-6,18H,1-4H2,(H2,12,13,14)/t5-,6-/m0/s1. The summed E-state index contributed by atoms with van der Waals surface area (Å²) in [4.78, 5) is 8.00. The first kappa shape index (κ1) is 11.6. The third kappa shape index (κ3) is 1.70. The maximum Gasteiger partial charge on any atom is 0.223 e. The highest BCUT2D eigenvalue weighted by atomic mass is 35.5. The third-order valence-electron chi connectivity index (χ3n) is 3.47. The van der Waals surface area contributed by atoms with Crippen LogP contribution in [0.3, 0.4) is 0 Å². The molecule has 0 amide bonds. The number of halogens is 1. The lowest BCUT2D eigenvalue weighted by Crippen LogP contribution is -2.18. The van der Waals surface area contributed by atoms with Gasteiger partial charge in [0.2, 0.25) is 5.95 Å². The molecule has 0 unspecified atom stereocenters. The maximum absolute atomic E-state index is 9.37. The van der Waals surface area contributed by atoms with Gasteiger partial charge in [0.05, 0.1) is 6.04 Å². The average Bonchev–Trinajstić information content (AvgIpc) is 2.93. The van der Waals surface area contributed by atoms with Gasteiger partial charge in [0.25, 0.3) is 0 Å². The van der Waals surface area contributed by atoms with E-state index < -0.39 is 0 Å². The van der Waals surface area contributed by atoms with Gasteiger partial charge < -0.3 is 10.8 Å². The number of fused-ring (bicyclic) bond motifs is 1. The zero-order valence-electron chi connectivity index (χ0n) is 9.62. The van der Waals surface area contributed by atoms with E-state index in [9.17, 15) is 5.11 Å². The fourth-order valence-corrected chi connectivity index (χ4v) is 2.80. The van der Waals surface area contributed by atoms with E-state index >= 15 is 0 Å². The van der Waals surface area contributed by atoms with E-state index in [1.807, 2.05) is 0 Å². The monoisotopic (exact) mass is 268 g/mol. The van der Waals surface area contributed by atoms with Crippen LogP contribution in [-0.4, -0.2) is 36.7 Å². The molecule has 0 aromatic carbocycles. The number of aliphatic hydroxyl groups excluding tert-OH is 1. The molecular weight excluding hydrogens is 256 g/mol. The molecule has 18 heavy (non-hydrogen) atoms. The fraction of sp³-hybridized carbons (Fsp3) is 0.600. The molecule has 7 nitrogen and oxygen atoms in total. The normalized spacial score (nSPS) is 23.9. The van der Waals surface area contributed by atoms with Crippen LogP contribution in [0.25, 0.3) is 11.2 Å². The molecule has 3 rings (SSSR count). The van der Waals surface area contributed by atoms with Crippen molar-refractivity contribution in [1.82, 2.24) is 25.0 Å². The van der Waals surface area contributed by atoms with Crippen LogP contribution in [0.4, 0.5) is 5.95 Å². The van der Waals surface area contributed by atoms with Crippen LogP contribution in [0.15, 0.2) is 0 Å². The van der Waals surface area contributed by atoms with Crippen molar-refractivity contribution < 1.29 is 5.11 Å². The van der Waals surface area contributed by atoms with Crippen LogP contribution >= 0.6 is 11.6 Å². The van der Waals surface area contributed by atoms with Crippen molar-refractivity contribution in [2.75, 3.05) is 12.3 Å². The molecule has 2 heterocycles. The van der Waals surface area contributed by atoms with Gasteiger partial charge in [-0.3, -0.25) is 0 Å². The smallest absolute Gasteiger partial charge is 0.223 e. The zero-order valence-corrected chi connectivity index (χ0v) is 10.4. The Morgan fingerprint density at radius 1 is 1.39 bits per heavy atom. The second kappa shape index (κ2) is 4.33. The van der Waals surface area contributed by atoms with Crippen LogP contribution in [-0.2, 0) is 0 Å². The number of nitrogen functional groups attached to an aromatic ring is 1. The summed E-state index contributed by atoms with van der Waals surface area (Å²) in [5, 5.41) is 17.7. The van der Waals surface area contributed by atoms with Gasteiger partial charge in [-0.05, 0) is 12.8 Å². The first-order chi connectivity index (χ1) is 8.70. The molecule has 0 aliphatic heterocycles. The Hall–Kier alpha value is -1.47. The number of nitrogens with two attached hydrogens (primary N) is 1. The van der Waals surface area contributed by atoms with Crippen LogP contribution in [0.5, 0.6) is 0 Å². The molecular formula is C10H13ClN6O. The second-order valence-corrected chi connectivity index (χ2v) is 4.88. The molecule has 3 N–H and O–H groups in total. The largest absolute Gasteiger partial charge is 0.396 e. The molecule has 1 aliphatic carbocycles. The van der Waals surface area contributed by atoms with Crippen molar-refractivity contribution in [3.05, 3.63) is 5.15 Å². The van der Waals surface area contributed by atoms with Crippen molar-refractivity contribution in [3.8, 4) is 0 Å². The maximum atomic E-state index is 9.37. The summed E-state index contributed by atoms with van der Waals surface area (Å²) in [7, 11) is 0. The molecule has 2 atom stereocenters. The summed E-state index contributed by atoms with van der Waals surface area (Å²) in [6.07, 6.45) is 2.99. The topological polar surface area (TPSA) is 103 Å². The van der Waals surface area contributed by atoms with E-state index in [1.54, 1.807) is 4.68 Å². The van der Waals surface area contributed by atoms with E-state index in [2.05, 4.69) is 20.3 Å². The quantitative estimate of drug-likeness (QED) is 0.781. The molecule has 1 aliphatic rings. The highest BCUT2D eigenvalue weighted by Gasteiger charge is 2.31. The van der Waals surface area contributed by atoms with Crippen LogP contribution in [0.2, 0.25) is 5.15 Å². The highest BCUT2D eigenvalue weighted by Crippen LogP contribution is 2.36. The predicted octanol–water partition coefficient (Wildman–Crippen LogP) is 0.790. The lowest BCUT2D eigenvalue weighted by molar-refractivity contribution is 0.191. The summed E-state index contributed by atoms with van der Waals surface area (Å²) < 4.78 is 1.72. The van der Waals surface area contributed by atoms with Crippen LogP contribution in [0.1, 0.15) is 25.3 Å². The average molecular weight is 269 g/mol. The van der Waals surface area contributed by atoms with Crippen molar-refractivity contribution in [3.63, 3.8) is 0 Å². The molecule has 1 saturated carbocycles. The van der Waals surface area contributed by atoms with Gasteiger partial charge >= 0.3 is 0 Å². The first-order valence-corrected chi connectivity index (χ1v) is 6.23. The Kier molecular flexibility index (Phi) is 2.79. The molecule has 2 aromatic heterocycles. The number of aromatic nitrogens is 5. The molecule has 2 aromatic rings. The fourth-order valence-electron chi connectivity index (χ4n) is 2.59. The van der Waals surface area contributed by atoms with E-state index in [-0.39, 0.29) is 29.7 Å². The van der Waals surface area contributed by atoms with E-state index in [1.165, 1.54) is 0 Å². The second-order valence-electron chi connectivity index (χ2n) is 4.52. The highest BCUT2D eigenvalue weighted by molar-refractivity contribution is 6.33. The first-order valence-electron chi connectivity index (χ1n) is 5.85. The molecule has 8 heteroatoms. The lowest BCUT2D eigenvalue weighted by Gasteiger charge is -2.17. The number of nitrogens with zero attached hydrogens (tertiary/aromatic N) is 5. The van der Waals surface area contributed by atoms with Gasteiger partial charge in [0.1, 0.15) is 0 Å². The molecule has 0 bridgehead atoms. The van der Waals surface area contributed by atoms with Crippen molar-refractivity contribution in [1.29, 1.82) is 0 Å². The summed E-state index contributed by atoms with van der Waals surface area (Å²) in [6, 6.07) is 0.102. The van der Waals surface area contributed by atoms with Crippen molar-refractivity contribution in [2.45, 2.75) is 25.3 Å². The van der Waals surface area contributed by atoms with Crippen LogP contribution < -0.4 is 5.73 Å². The summed E-state index contributed by atoms with van der Waals surface area (Å²) >= 11 is 5.96. The molecule has 0 spiro atoms. The molecule has 96 valence electrons. The Morgan fingerprint density at radius 2 is 2.22 bits per heavy atom. The SMILES string of the molecule is Nc1nc(Cl)c2nnn([C@H]3CCC[C@H]3CO)c2n1. The molecule has 0 radical (unpaired) electrons. The predicted molar refractivity (Wildman–Crippen MR) is 66.0 cm³/mol. The summed E-state index contributed by atoms with van der Waals surface area (Å²) in [5.41, 5.74) is 6.59. The summed E-state index contributed by atoms with van der Waals surface area (Å²) in [6.45, 7) is 0.139. The molecule has 0 saturated heterocycles. The Labute approximate surface area is 108 Å². The zero-order chi connectivity index (χ0) is 12.7. The van der Waals surface area contributed by atoms with Gasteiger partial charge in [-0.2, -0.15) is 9.97 Å². The summed E-state index contributed by atoms with van der Waals surface area (Å²) in [5.74, 6) is 0.291. The lowest BCUT2D eigenvalue weighted by atomic mass is 10.1. The van der Waals surface area contributed by atoms with Crippen LogP contribution in [0, 0.1) is 5.92 Å². The number of aliphatic hydroxyl groups is 1. The van der Waals surface area contributed by atoms with E-state index in [0.29, 0.717) is 11.2 Å².